The molecule has 1 amide bonds. The number of H-pyrrole nitrogens is 1. The van der Waals surface area contributed by atoms with Crippen molar-refractivity contribution in [2.45, 2.75) is 13.2 Å². The number of hydrogen-bond donors (Lipinski definition) is 2. The van der Waals surface area contributed by atoms with Gasteiger partial charge < -0.3 is 14.6 Å². The maximum atomic E-state index is 13.5. The van der Waals surface area contributed by atoms with Gasteiger partial charge in [-0.15, -0.1) is 0 Å². The summed E-state index contributed by atoms with van der Waals surface area (Å²) in [6, 6.07) is 11.0. The summed E-state index contributed by atoms with van der Waals surface area (Å²) < 4.78 is 23.9. The Morgan fingerprint density at radius 1 is 1.21 bits per heavy atom. The van der Waals surface area contributed by atoms with Crippen LogP contribution in [0.3, 0.4) is 0 Å². The van der Waals surface area contributed by atoms with Gasteiger partial charge in [-0.3, -0.25) is 14.9 Å². The van der Waals surface area contributed by atoms with E-state index in [1.165, 1.54) is 18.2 Å². The van der Waals surface area contributed by atoms with Crippen molar-refractivity contribution in [2.24, 2.45) is 0 Å². The normalized spacial score (nSPS) is 10.7. The van der Waals surface area contributed by atoms with E-state index in [9.17, 15) is 9.18 Å². The first kappa shape index (κ1) is 18.3. The summed E-state index contributed by atoms with van der Waals surface area (Å²) in [4.78, 5) is 20.5. The van der Waals surface area contributed by atoms with E-state index in [4.69, 9.17) is 9.26 Å². The van der Waals surface area contributed by atoms with Crippen molar-refractivity contribution in [1.29, 1.82) is 0 Å². The number of carbonyl (C=O) groups is 1. The molecule has 146 valence electrons. The Balaban J connectivity index is 1.32. The molecule has 0 aliphatic rings. The lowest BCUT2D eigenvalue weighted by atomic mass is 10.2. The van der Waals surface area contributed by atoms with Gasteiger partial charge in [-0.25, -0.2) is 9.37 Å². The SMILES string of the molecule is O=C(NCc1nc(-c2ccncc2)n[nH]1)c1cc(COc2ccccc2F)on1. The lowest BCUT2D eigenvalue weighted by Gasteiger charge is -2.03. The summed E-state index contributed by atoms with van der Waals surface area (Å²) >= 11 is 0. The lowest BCUT2D eigenvalue weighted by Crippen LogP contribution is -2.23. The van der Waals surface area contributed by atoms with Gasteiger partial charge in [0.25, 0.3) is 5.91 Å². The number of ether oxygens (including phenoxy) is 1. The van der Waals surface area contributed by atoms with Gasteiger partial charge in [0, 0.05) is 24.0 Å². The Labute approximate surface area is 163 Å². The van der Waals surface area contributed by atoms with Crippen molar-refractivity contribution >= 4 is 5.91 Å². The number of benzene rings is 1. The molecule has 0 unspecified atom stereocenters. The van der Waals surface area contributed by atoms with Crippen LogP contribution in [-0.2, 0) is 13.2 Å². The highest BCUT2D eigenvalue weighted by atomic mass is 19.1. The van der Waals surface area contributed by atoms with Gasteiger partial charge in [0.15, 0.2) is 28.8 Å². The van der Waals surface area contributed by atoms with Crippen molar-refractivity contribution in [3.05, 3.63) is 78.0 Å². The Morgan fingerprint density at radius 3 is 2.86 bits per heavy atom. The van der Waals surface area contributed by atoms with E-state index in [-0.39, 0.29) is 30.4 Å². The minimum absolute atomic E-state index is 0.0569. The molecule has 4 rings (SSSR count). The topological polar surface area (TPSA) is 119 Å². The molecule has 0 aliphatic heterocycles. The van der Waals surface area contributed by atoms with Crippen molar-refractivity contribution in [3.8, 4) is 17.1 Å². The first-order valence-corrected chi connectivity index (χ1v) is 8.62. The van der Waals surface area contributed by atoms with Gasteiger partial charge in [0.05, 0.1) is 6.54 Å². The average Bonchev–Trinajstić information content (AvgIpc) is 3.42. The highest BCUT2D eigenvalue weighted by molar-refractivity contribution is 5.92. The molecular weight excluding hydrogens is 379 g/mol. The zero-order chi connectivity index (χ0) is 20.1. The van der Waals surface area contributed by atoms with Crippen molar-refractivity contribution in [1.82, 2.24) is 30.6 Å². The predicted octanol–water partition coefficient (Wildman–Crippen LogP) is 2.50. The lowest BCUT2D eigenvalue weighted by molar-refractivity contribution is 0.0940. The monoisotopic (exact) mass is 394 g/mol. The molecular formula is C19H15FN6O3. The molecule has 3 aromatic heterocycles. The third-order valence-electron chi connectivity index (χ3n) is 3.88. The van der Waals surface area contributed by atoms with Crippen LogP contribution in [-0.4, -0.2) is 31.2 Å². The van der Waals surface area contributed by atoms with Gasteiger partial charge in [0.2, 0.25) is 0 Å². The van der Waals surface area contributed by atoms with Gasteiger partial charge >= 0.3 is 0 Å². The second-order valence-corrected chi connectivity index (χ2v) is 5.92. The fraction of sp³-hybridized carbons (Fsp3) is 0.105. The number of para-hydroxylation sites is 1. The molecule has 2 N–H and O–H groups in total. The quantitative estimate of drug-likeness (QED) is 0.494. The molecule has 3 heterocycles. The number of pyridine rings is 1. The third kappa shape index (κ3) is 4.43. The van der Waals surface area contributed by atoms with Crippen LogP contribution in [0.2, 0.25) is 0 Å². The van der Waals surface area contributed by atoms with Gasteiger partial charge in [0.1, 0.15) is 12.4 Å². The van der Waals surface area contributed by atoms with Crippen LogP contribution in [0.5, 0.6) is 5.75 Å². The van der Waals surface area contributed by atoms with Crippen LogP contribution in [0.25, 0.3) is 11.4 Å². The van der Waals surface area contributed by atoms with E-state index < -0.39 is 11.7 Å². The van der Waals surface area contributed by atoms with Crippen molar-refractivity contribution in [3.63, 3.8) is 0 Å². The molecule has 1 aromatic carbocycles. The predicted molar refractivity (Wildman–Crippen MR) is 98.0 cm³/mol. The zero-order valence-electron chi connectivity index (χ0n) is 15.0. The molecule has 29 heavy (non-hydrogen) atoms. The smallest absolute Gasteiger partial charge is 0.273 e. The second-order valence-electron chi connectivity index (χ2n) is 5.92. The van der Waals surface area contributed by atoms with Crippen molar-refractivity contribution < 1.29 is 18.4 Å². The first-order chi connectivity index (χ1) is 14.2. The van der Waals surface area contributed by atoms with Crippen molar-refractivity contribution in [2.75, 3.05) is 0 Å². The third-order valence-corrected chi connectivity index (χ3v) is 3.88. The number of hydrogen-bond acceptors (Lipinski definition) is 7. The summed E-state index contributed by atoms with van der Waals surface area (Å²) in [6.45, 7) is 0.0729. The zero-order valence-corrected chi connectivity index (χ0v) is 15.0. The highest BCUT2D eigenvalue weighted by Crippen LogP contribution is 2.17. The Morgan fingerprint density at radius 2 is 2.03 bits per heavy atom. The van der Waals surface area contributed by atoms with E-state index in [1.807, 2.05) is 0 Å². The van der Waals surface area contributed by atoms with Crippen LogP contribution < -0.4 is 10.1 Å². The van der Waals surface area contributed by atoms with E-state index in [0.29, 0.717) is 11.6 Å². The molecule has 10 heteroatoms. The number of aromatic nitrogens is 5. The van der Waals surface area contributed by atoms with E-state index in [2.05, 4.69) is 30.6 Å². The Kier molecular flexibility index (Phi) is 5.23. The van der Waals surface area contributed by atoms with Crippen LogP contribution in [0.4, 0.5) is 4.39 Å². The fourth-order valence-electron chi connectivity index (χ4n) is 2.46. The van der Waals surface area contributed by atoms with Gasteiger partial charge in [-0.2, -0.15) is 5.10 Å². The number of aromatic amines is 1. The first-order valence-electron chi connectivity index (χ1n) is 8.62. The van der Waals surface area contributed by atoms with Gasteiger partial charge in [-0.1, -0.05) is 17.3 Å². The van der Waals surface area contributed by atoms with Crippen LogP contribution >= 0.6 is 0 Å². The van der Waals surface area contributed by atoms with Crippen LogP contribution in [0.15, 0.2) is 59.4 Å². The molecule has 0 saturated carbocycles. The number of amides is 1. The van der Waals surface area contributed by atoms with E-state index >= 15 is 0 Å². The molecule has 0 bridgehead atoms. The number of nitrogens with one attached hydrogen (secondary N) is 2. The summed E-state index contributed by atoms with van der Waals surface area (Å²) in [5, 5.41) is 13.2. The molecule has 0 saturated heterocycles. The van der Waals surface area contributed by atoms with Gasteiger partial charge in [-0.05, 0) is 24.3 Å². The molecule has 0 atom stereocenters. The molecule has 9 nitrogen and oxygen atoms in total. The summed E-state index contributed by atoms with van der Waals surface area (Å²) in [5.74, 6) is 0.432. The minimum Gasteiger partial charge on any atom is -0.482 e. The molecule has 0 fully saturated rings. The maximum Gasteiger partial charge on any atom is 0.273 e. The summed E-state index contributed by atoms with van der Waals surface area (Å²) in [5.41, 5.74) is 0.885. The second kappa shape index (κ2) is 8.30. The molecule has 0 radical (unpaired) electrons. The number of nitrogens with zero attached hydrogens (tertiary/aromatic N) is 4. The minimum atomic E-state index is -0.483. The maximum absolute atomic E-state index is 13.5. The van der Waals surface area contributed by atoms with E-state index in [1.54, 1.807) is 36.7 Å². The molecule has 4 aromatic rings. The van der Waals surface area contributed by atoms with E-state index in [0.717, 1.165) is 5.56 Å². The standard InChI is InChI=1S/C19H15FN6O3/c20-14-3-1-2-4-16(14)28-11-13-9-15(26-29-13)19(27)22-10-17-23-18(25-24-17)12-5-7-21-8-6-12/h1-9H,10-11H2,(H,22,27)(H,23,24,25). The number of carbonyl (C=O) groups excluding carboxylic acids is 1. The van der Waals surface area contributed by atoms with Crippen LogP contribution in [0.1, 0.15) is 22.1 Å². The van der Waals surface area contributed by atoms with Crippen LogP contribution in [0, 0.1) is 5.82 Å². The molecule has 0 aliphatic carbocycles. The molecule has 0 spiro atoms. The fourth-order valence-corrected chi connectivity index (χ4v) is 2.46. The number of halogens is 1. The summed E-state index contributed by atoms with van der Waals surface area (Å²) in [6.07, 6.45) is 3.29. The summed E-state index contributed by atoms with van der Waals surface area (Å²) in [7, 11) is 0. The average molecular weight is 394 g/mol. The highest BCUT2D eigenvalue weighted by Gasteiger charge is 2.14. The Bertz CT molecular complexity index is 1110. The number of rotatable bonds is 7. The Hall–Kier alpha value is -4.08. The largest absolute Gasteiger partial charge is 0.482 e.